The van der Waals surface area contributed by atoms with Gasteiger partial charge in [0.25, 0.3) is 0 Å². The fourth-order valence-corrected chi connectivity index (χ4v) is 2.57. The first-order chi connectivity index (χ1) is 11.0. The van der Waals surface area contributed by atoms with Gasteiger partial charge in [-0.15, -0.1) is 0 Å². The van der Waals surface area contributed by atoms with Crippen molar-refractivity contribution in [2.45, 2.75) is 71.4 Å². The summed E-state index contributed by atoms with van der Waals surface area (Å²) < 4.78 is 0. The van der Waals surface area contributed by atoms with Gasteiger partial charge in [0.2, 0.25) is 5.91 Å². The Morgan fingerprint density at radius 3 is 2.09 bits per heavy atom. The average Bonchev–Trinajstić information content (AvgIpc) is 2.52. The number of hydrogen-bond donors (Lipinski definition) is 1. The molecule has 0 aromatic heterocycles. The highest BCUT2D eigenvalue weighted by atomic mass is 16.4. The number of carbonyl (C=O) groups excluding carboxylic acids is 1. The second-order valence-electron chi connectivity index (χ2n) is 6.26. The minimum Gasteiger partial charge on any atom is -0.481 e. The zero-order valence-electron chi connectivity index (χ0n) is 14.3. The Balaban J connectivity index is 2.28. The summed E-state index contributed by atoms with van der Waals surface area (Å²) in [7, 11) is 0. The van der Waals surface area contributed by atoms with Gasteiger partial charge in [0.1, 0.15) is 0 Å². The number of nitrogens with zero attached hydrogens (tertiary/aromatic N) is 1. The molecule has 4 nitrogen and oxygen atoms in total. The van der Waals surface area contributed by atoms with E-state index in [4.69, 9.17) is 5.11 Å². The number of rotatable bonds is 11. The van der Waals surface area contributed by atoms with E-state index in [1.54, 1.807) is 0 Å². The molecule has 1 amide bonds. The third-order valence-corrected chi connectivity index (χ3v) is 3.92. The van der Waals surface area contributed by atoms with Crippen molar-refractivity contribution in [2.24, 2.45) is 0 Å². The fourth-order valence-electron chi connectivity index (χ4n) is 2.57. The van der Waals surface area contributed by atoms with Crippen LogP contribution in [0.3, 0.4) is 0 Å². The smallest absolute Gasteiger partial charge is 0.303 e. The lowest BCUT2D eigenvalue weighted by Crippen LogP contribution is -2.36. The number of unbranched alkanes of at least 4 members (excludes halogenated alkanes) is 4. The van der Waals surface area contributed by atoms with Gasteiger partial charge in [-0.3, -0.25) is 9.59 Å². The third-order valence-electron chi connectivity index (χ3n) is 3.92. The second-order valence-corrected chi connectivity index (χ2v) is 6.26. The van der Waals surface area contributed by atoms with Crippen LogP contribution in [0.25, 0.3) is 0 Å². The normalized spacial score (nSPS) is 10.7. The topological polar surface area (TPSA) is 57.6 Å². The van der Waals surface area contributed by atoms with Crippen LogP contribution < -0.4 is 0 Å². The SMILES string of the molecule is CC(C)N(Cc1ccccc1)C(=O)CCCCCCCC(=O)O. The summed E-state index contributed by atoms with van der Waals surface area (Å²) in [5, 5.41) is 8.57. The van der Waals surface area contributed by atoms with E-state index >= 15 is 0 Å². The van der Waals surface area contributed by atoms with Crippen molar-refractivity contribution < 1.29 is 14.7 Å². The Bertz CT molecular complexity index is 471. The summed E-state index contributed by atoms with van der Waals surface area (Å²) in [6.07, 6.45) is 5.35. The van der Waals surface area contributed by atoms with Crippen molar-refractivity contribution in [2.75, 3.05) is 0 Å². The molecule has 1 aromatic rings. The summed E-state index contributed by atoms with van der Waals surface area (Å²) in [6.45, 7) is 4.76. The molecule has 0 aliphatic rings. The number of carboxylic acids is 1. The summed E-state index contributed by atoms with van der Waals surface area (Å²) in [6, 6.07) is 10.3. The van der Waals surface area contributed by atoms with Gasteiger partial charge >= 0.3 is 5.97 Å². The van der Waals surface area contributed by atoms with E-state index in [9.17, 15) is 9.59 Å². The predicted molar refractivity (Wildman–Crippen MR) is 92.1 cm³/mol. The van der Waals surface area contributed by atoms with E-state index in [2.05, 4.69) is 0 Å². The molecule has 0 aliphatic heterocycles. The van der Waals surface area contributed by atoms with Gasteiger partial charge < -0.3 is 10.0 Å². The molecule has 0 fully saturated rings. The summed E-state index contributed by atoms with van der Waals surface area (Å²) >= 11 is 0. The Labute approximate surface area is 139 Å². The third kappa shape index (κ3) is 8.38. The van der Waals surface area contributed by atoms with Crippen LogP contribution in [0, 0.1) is 0 Å². The van der Waals surface area contributed by atoms with Crippen molar-refractivity contribution in [1.82, 2.24) is 4.90 Å². The monoisotopic (exact) mass is 319 g/mol. The molecule has 23 heavy (non-hydrogen) atoms. The number of aliphatic carboxylic acids is 1. The lowest BCUT2D eigenvalue weighted by molar-refractivity contribution is -0.137. The molecule has 1 rings (SSSR count). The maximum absolute atomic E-state index is 12.4. The maximum Gasteiger partial charge on any atom is 0.303 e. The Morgan fingerprint density at radius 2 is 1.52 bits per heavy atom. The second kappa shape index (κ2) is 10.8. The molecule has 0 unspecified atom stereocenters. The molecular weight excluding hydrogens is 290 g/mol. The average molecular weight is 319 g/mol. The quantitative estimate of drug-likeness (QED) is 0.621. The highest BCUT2D eigenvalue weighted by Gasteiger charge is 2.16. The van der Waals surface area contributed by atoms with E-state index in [1.807, 2.05) is 49.1 Å². The molecule has 1 aromatic carbocycles. The van der Waals surface area contributed by atoms with Gasteiger partial charge in [0, 0.05) is 25.4 Å². The molecule has 1 N–H and O–H groups in total. The highest BCUT2D eigenvalue weighted by molar-refractivity contribution is 5.76. The largest absolute Gasteiger partial charge is 0.481 e. The van der Waals surface area contributed by atoms with Crippen LogP contribution in [0.5, 0.6) is 0 Å². The molecule has 0 atom stereocenters. The molecule has 0 spiro atoms. The van der Waals surface area contributed by atoms with E-state index in [0.29, 0.717) is 13.0 Å². The zero-order chi connectivity index (χ0) is 17.1. The highest BCUT2D eigenvalue weighted by Crippen LogP contribution is 2.13. The van der Waals surface area contributed by atoms with Crippen LogP contribution in [0.1, 0.15) is 64.4 Å². The minimum atomic E-state index is -0.728. The molecule has 0 radical (unpaired) electrons. The number of carbonyl (C=O) groups is 2. The van der Waals surface area contributed by atoms with Gasteiger partial charge in [-0.2, -0.15) is 0 Å². The molecular formula is C19H29NO3. The van der Waals surface area contributed by atoms with Gasteiger partial charge in [-0.1, -0.05) is 49.6 Å². The fraction of sp³-hybridized carbons (Fsp3) is 0.579. The number of amides is 1. The standard InChI is InChI=1S/C19H29NO3/c1-16(2)20(15-17-11-7-6-8-12-17)18(21)13-9-4-3-5-10-14-19(22)23/h6-8,11-12,16H,3-5,9-10,13-15H2,1-2H3,(H,22,23). The number of carboxylic acid groups (broad SMARTS) is 1. The molecule has 4 heteroatoms. The Hall–Kier alpha value is -1.84. The van der Waals surface area contributed by atoms with Crippen molar-refractivity contribution in [3.05, 3.63) is 35.9 Å². The zero-order valence-corrected chi connectivity index (χ0v) is 14.3. The van der Waals surface area contributed by atoms with Crippen LogP contribution in [0.4, 0.5) is 0 Å². The van der Waals surface area contributed by atoms with Crippen LogP contribution in [-0.4, -0.2) is 27.9 Å². The summed E-state index contributed by atoms with van der Waals surface area (Å²) in [5.74, 6) is -0.525. The maximum atomic E-state index is 12.4. The molecule has 0 saturated heterocycles. The molecule has 0 aliphatic carbocycles. The summed E-state index contributed by atoms with van der Waals surface area (Å²) in [5.41, 5.74) is 1.16. The number of benzene rings is 1. The lowest BCUT2D eigenvalue weighted by atomic mass is 10.1. The van der Waals surface area contributed by atoms with Crippen LogP contribution in [0.15, 0.2) is 30.3 Å². The van der Waals surface area contributed by atoms with Crippen LogP contribution >= 0.6 is 0 Å². The molecule has 0 saturated carbocycles. The van der Waals surface area contributed by atoms with Crippen molar-refractivity contribution in [1.29, 1.82) is 0 Å². The van der Waals surface area contributed by atoms with Gasteiger partial charge in [0.15, 0.2) is 0 Å². The molecule has 0 heterocycles. The lowest BCUT2D eigenvalue weighted by Gasteiger charge is -2.27. The minimum absolute atomic E-state index is 0.193. The van der Waals surface area contributed by atoms with Crippen molar-refractivity contribution >= 4 is 11.9 Å². The predicted octanol–water partition coefficient (Wildman–Crippen LogP) is 4.24. The van der Waals surface area contributed by atoms with Crippen molar-refractivity contribution in [3.63, 3.8) is 0 Å². The van der Waals surface area contributed by atoms with Gasteiger partial charge in [-0.05, 0) is 32.3 Å². The van der Waals surface area contributed by atoms with Crippen LogP contribution in [0.2, 0.25) is 0 Å². The Kier molecular flexibility index (Phi) is 9.03. The first-order valence-electron chi connectivity index (χ1n) is 8.56. The van der Waals surface area contributed by atoms with Crippen molar-refractivity contribution in [3.8, 4) is 0 Å². The number of hydrogen-bond acceptors (Lipinski definition) is 2. The van der Waals surface area contributed by atoms with Gasteiger partial charge in [0.05, 0.1) is 0 Å². The molecule has 0 bridgehead atoms. The van der Waals surface area contributed by atoms with E-state index in [-0.39, 0.29) is 18.4 Å². The Morgan fingerprint density at radius 1 is 0.957 bits per heavy atom. The van der Waals surface area contributed by atoms with E-state index in [1.165, 1.54) is 0 Å². The van der Waals surface area contributed by atoms with Crippen LogP contribution in [-0.2, 0) is 16.1 Å². The first-order valence-corrected chi connectivity index (χ1v) is 8.56. The summed E-state index contributed by atoms with van der Waals surface area (Å²) in [4.78, 5) is 24.8. The van der Waals surface area contributed by atoms with Gasteiger partial charge in [-0.25, -0.2) is 0 Å². The first kappa shape index (κ1) is 19.2. The van der Waals surface area contributed by atoms with E-state index in [0.717, 1.165) is 37.7 Å². The van der Waals surface area contributed by atoms with E-state index < -0.39 is 5.97 Å². The molecule has 128 valence electrons.